The summed E-state index contributed by atoms with van der Waals surface area (Å²) in [4.78, 5) is 0. The van der Waals surface area contributed by atoms with Crippen molar-refractivity contribution < 1.29 is 0 Å². The molecule has 15 heavy (non-hydrogen) atoms. The lowest BCUT2D eigenvalue weighted by Crippen LogP contribution is -2.11. The largest absolute Gasteiger partial charge is 0.330 e. The standard InChI is InChI=1S/C13H15NS/c14-7-10-5-1-3-9-4-2-6-12-13(9)11(10)8-15-12/h2,4,6,8,10H,1,3,5,7,14H2. The highest BCUT2D eigenvalue weighted by Gasteiger charge is 2.19. The quantitative estimate of drug-likeness (QED) is 0.779. The Balaban J connectivity index is 2.29. The second kappa shape index (κ2) is 3.62. The third kappa shape index (κ3) is 1.40. The molecular formula is C13H15NS. The molecule has 1 aliphatic rings. The van der Waals surface area contributed by atoms with Gasteiger partial charge in [-0.1, -0.05) is 12.1 Å². The molecule has 1 heterocycles. The van der Waals surface area contributed by atoms with E-state index in [0.717, 1.165) is 6.54 Å². The van der Waals surface area contributed by atoms with Gasteiger partial charge in [0.05, 0.1) is 0 Å². The summed E-state index contributed by atoms with van der Waals surface area (Å²) in [6.07, 6.45) is 3.74. The first-order chi connectivity index (χ1) is 7.40. The fourth-order valence-corrected chi connectivity index (χ4v) is 3.72. The van der Waals surface area contributed by atoms with E-state index in [1.165, 1.54) is 40.5 Å². The van der Waals surface area contributed by atoms with E-state index < -0.39 is 0 Å². The molecular weight excluding hydrogens is 202 g/mol. The second-order valence-corrected chi connectivity index (χ2v) is 5.22. The highest BCUT2D eigenvalue weighted by atomic mass is 32.1. The van der Waals surface area contributed by atoms with Crippen LogP contribution in [-0.2, 0) is 6.42 Å². The van der Waals surface area contributed by atoms with E-state index in [1.54, 1.807) is 0 Å². The topological polar surface area (TPSA) is 26.0 Å². The monoisotopic (exact) mass is 217 g/mol. The number of hydrogen-bond acceptors (Lipinski definition) is 2. The van der Waals surface area contributed by atoms with E-state index in [2.05, 4.69) is 23.6 Å². The molecule has 0 saturated heterocycles. The molecule has 1 aromatic heterocycles. The van der Waals surface area contributed by atoms with E-state index in [0.29, 0.717) is 5.92 Å². The maximum Gasteiger partial charge on any atom is 0.0348 e. The van der Waals surface area contributed by atoms with Gasteiger partial charge in [0.1, 0.15) is 0 Å². The van der Waals surface area contributed by atoms with Crippen LogP contribution in [0.4, 0.5) is 0 Å². The molecule has 0 saturated carbocycles. The summed E-state index contributed by atoms with van der Waals surface area (Å²) in [7, 11) is 0. The third-order valence-electron chi connectivity index (χ3n) is 3.44. The van der Waals surface area contributed by atoms with Gasteiger partial charge in [0.15, 0.2) is 0 Å². The molecule has 0 fully saturated rings. The predicted molar refractivity (Wildman–Crippen MR) is 66.6 cm³/mol. The molecule has 0 bridgehead atoms. The Morgan fingerprint density at radius 3 is 3.20 bits per heavy atom. The van der Waals surface area contributed by atoms with Gasteiger partial charge in [-0.05, 0) is 59.7 Å². The highest BCUT2D eigenvalue weighted by Crippen LogP contribution is 2.38. The van der Waals surface area contributed by atoms with Crippen LogP contribution in [0.15, 0.2) is 23.6 Å². The lowest BCUT2D eigenvalue weighted by molar-refractivity contribution is 0.613. The van der Waals surface area contributed by atoms with Gasteiger partial charge in [0.25, 0.3) is 0 Å². The third-order valence-corrected chi connectivity index (χ3v) is 4.40. The molecule has 2 N–H and O–H groups in total. The molecule has 3 rings (SSSR count). The first-order valence-electron chi connectivity index (χ1n) is 5.59. The smallest absolute Gasteiger partial charge is 0.0348 e. The fraction of sp³-hybridized carbons (Fsp3) is 0.385. The number of thiophene rings is 1. The summed E-state index contributed by atoms with van der Waals surface area (Å²) in [5.41, 5.74) is 8.90. The zero-order valence-electron chi connectivity index (χ0n) is 8.70. The van der Waals surface area contributed by atoms with E-state index in [-0.39, 0.29) is 0 Å². The first kappa shape index (κ1) is 9.37. The Morgan fingerprint density at radius 1 is 1.40 bits per heavy atom. The summed E-state index contributed by atoms with van der Waals surface area (Å²) in [5.74, 6) is 0.586. The van der Waals surface area contributed by atoms with Crippen molar-refractivity contribution in [2.75, 3.05) is 6.54 Å². The molecule has 78 valence electrons. The van der Waals surface area contributed by atoms with Crippen LogP contribution in [0.5, 0.6) is 0 Å². The summed E-state index contributed by atoms with van der Waals surface area (Å²) in [6, 6.07) is 6.68. The van der Waals surface area contributed by atoms with Crippen LogP contribution in [0.3, 0.4) is 0 Å². The Kier molecular flexibility index (Phi) is 2.26. The molecule has 1 aromatic carbocycles. The van der Waals surface area contributed by atoms with Crippen LogP contribution < -0.4 is 5.73 Å². The molecule has 0 spiro atoms. The van der Waals surface area contributed by atoms with Crippen LogP contribution in [-0.4, -0.2) is 6.54 Å². The first-order valence-corrected chi connectivity index (χ1v) is 6.47. The van der Waals surface area contributed by atoms with Crippen molar-refractivity contribution in [1.82, 2.24) is 0 Å². The van der Waals surface area contributed by atoms with Gasteiger partial charge >= 0.3 is 0 Å². The van der Waals surface area contributed by atoms with Crippen LogP contribution in [0.1, 0.15) is 29.9 Å². The molecule has 0 aliphatic heterocycles. The molecule has 1 nitrogen and oxygen atoms in total. The van der Waals surface area contributed by atoms with E-state index in [1.807, 2.05) is 11.3 Å². The number of aryl methyl sites for hydroxylation is 1. The molecule has 2 aromatic rings. The lowest BCUT2D eigenvalue weighted by Gasteiger charge is -2.10. The average molecular weight is 217 g/mol. The summed E-state index contributed by atoms with van der Waals surface area (Å²) >= 11 is 1.87. The number of rotatable bonds is 1. The van der Waals surface area contributed by atoms with Crippen LogP contribution in [0, 0.1) is 0 Å². The Labute approximate surface area is 93.9 Å². The van der Waals surface area contributed by atoms with Gasteiger partial charge in [-0.3, -0.25) is 0 Å². The highest BCUT2D eigenvalue weighted by molar-refractivity contribution is 7.17. The van der Waals surface area contributed by atoms with Crippen molar-refractivity contribution >= 4 is 21.4 Å². The van der Waals surface area contributed by atoms with Gasteiger partial charge in [-0.15, -0.1) is 11.3 Å². The molecule has 1 unspecified atom stereocenters. The molecule has 0 amide bonds. The molecule has 1 atom stereocenters. The molecule has 0 radical (unpaired) electrons. The maximum atomic E-state index is 5.87. The summed E-state index contributed by atoms with van der Waals surface area (Å²) < 4.78 is 1.43. The van der Waals surface area contributed by atoms with Gasteiger partial charge in [0.2, 0.25) is 0 Å². The van der Waals surface area contributed by atoms with Crippen molar-refractivity contribution in [2.45, 2.75) is 25.2 Å². The zero-order chi connectivity index (χ0) is 10.3. The number of nitrogens with two attached hydrogens (primary N) is 1. The summed E-state index contributed by atoms with van der Waals surface area (Å²) in [6.45, 7) is 0.792. The van der Waals surface area contributed by atoms with Crippen molar-refractivity contribution in [3.05, 3.63) is 34.7 Å². The van der Waals surface area contributed by atoms with E-state index in [4.69, 9.17) is 5.73 Å². The van der Waals surface area contributed by atoms with Crippen molar-refractivity contribution in [3.8, 4) is 0 Å². The van der Waals surface area contributed by atoms with Crippen LogP contribution >= 0.6 is 11.3 Å². The maximum absolute atomic E-state index is 5.87. The van der Waals surface area contributed by atoms with Crippen molar-refractivity contribution in [2.24, 2.45) is 5.73 Å². The molecule has 1 aliphatic carbocycles. The predicted octanol–water partition coefficient (Wildman–Crippen LogP) is 3.28. The van der Waals surface area contributed by atoms with Gasteiger partial charge in [-0.25, -0.2) is 0 Å². The van der Waals surface area contributed by atoms with Gasteiger partial charge in [0, 0.05) is 4.70 Å². The number of benzene rings is 1. The van der Waals surface area contributed by atoms with Crippen molar-refractivity contribution in [3.63, 3.8) is 0 Å². The Bertz CT molecular complexity index is 486. The van der Waals surface area contributed by atoms with Crippen LogP contribution in [0.25, 0.3) is 10.1 Å². The minimum atomic E-state index is 0.586. The Hall–Kier alpha value is -0.860. The summed E-state index contributed by atoms with van der Waals surface area (Å²) in [5, 5.41) is 3.83. The van der Waals surface area contributed by atoms with Gasteiger partial charge < -0.3 is 5.73 Å². The Morgan fingerprint density at radius 2 is 2.33 bits per heavy atom. The van der Waals surface area contributed by atoms with E-state index in [9.17, 15) is 0 Å². The van der Waals surface area contributed by atoms with Crippen molar-refractivity contribution in [1.29, 1.82) is 0 Å². The molecule has 2 heteroatoms. The van der Waals surface area contributed by atoms with Crippen LogP contribution in [0.2, 0.25) is 0 Å². The second-order valence-electron chi connectivity index (χ2n) is 4.31. The average Bonchev–Trinajstić information content (AvgIpc) is 2.59. The normalized spacial score (nSPS) is 20.5. The minimum absolute atomic E-state index is 0.586. The minimum Gasteiger partial charge on any atom is -0.330 e. The van der Waals surface area contributed by atoms with E-state index >= 15 is 0 Å². The lowest BCUT2D eigenvalue weighted by atomic mass is 9.96. The SMILES string of the molecule is NCC1CCCc2cccc3scc1c23. The van der Waals surface area contributed by atoms with Gasteiger partial charge in [-0.2, -0.15) is 0 Å². The zero-order valence-corrected chi connectivity index (χ0v) is 9.52. The fourth-order valence-electron chi connectivity index (χ4n) is 2.64. The number of hydrogen-bond donors (Lipinski definition) is 1.